The number of carbonyl (C=O) groups is 1. The van der Waals surface area contributed by atoms with Crippen LogP contribution in [0.1, 0.15) is 36.8 Å². The Kier molecular flexibility index (Phi) is 6.90. The van der Waals surface area contributed by atoms with E-state index >= 15 is 0 Å². The molecular formula is C22H32N6O. The summed E-state index contributed by atoms with van der Waals surface area (Å²) in [6, 6.07) is 8.52. The van der Waals surface area contributed by atoms with Gasteiger partial charge in [-0.1, -0.05) is 37.1 Å². The maximum Gasteiger partial charge on any atom is 0.230 e. The molecule has 156 valence electrons. The van der Waals surface area contributed by atoms with Crippen LogP contribution in [0.5, 0.6) is 0 Å². The van der Waals surface area contributed by atoms with Gasteiger partial charge in [-0.15, -0.1) is 0 Å². The standard InChI is InChI=1S/C22H32N6O/c1-23-21(26-16-22(10-4-5-11-22)20(29)27(2)3)25-14-18-6-8-19(9-7-18)15-28-13-12-24-17-28/h6-9,12-13,17H,4-5,10-11,14-16H2,1-3H3,(H2,23,25,26). The van der Waals surface area contributed by atoms with Crippen LogP contribution in [0.2, 0.25) is 0 Å². The van der Waals surface area contributed by atoms with Gasteiger partial charge in [-0.2, -0.15) is 0 Å². The highest BCUT2D eigenvalue weighted by molar-refractivity contribution is 5.85. The van der Waals surface area contributed by atoms with Gasteiger partial charge >= 0.3 is 0 Å². The Morgan fingerprint density at radius 2 is 1.86 bits per heavy atom. The van der Waals surface area contributed by atoms with E-state index in [0.717, 1.165) is 38.2 Å². The van der Waals surface area contributed by atoms with Crippen LogP contribution in [-0.4, -0.2) is 54.0 Å². The zero-order valence-electron chi connectivity index (χ0n) is 17.7. The first kappa shape index (κ1) is 20.9. The van der Waals surface area contributed by atoms with E-state index in [2.05, 4.69) is 44.9 Å². The molecule has 1 aromatic carbocycles. The lowest BCUT2D eigenvalue weighted by atomic mass is 9.84. The molecule has 7 heteroatoms. The summed E-state index contributed by atoms with van der Waals surface area (Å²) < 4.78 is 2.05. The molecule has 2 N–H and O–H groups in total. The van der Waals surface area contributed by atoms with Crippen molar-refractivity contribution in [1.82, 2.24) is 25.1 Å². The molecule has 29 heavy (non-hydrogen) atoms. The predicted octanol–water partition coefficient (Wildman–Crippen LogP) is 2.24. The SMILES string of the molecule is CN=C(NCc1ccc(Cn2ccnc2)cc1)NCC1(C(=O)N(C)C)CCCC1. The Labute approximate surface area is 173 Å². The second-order valence-electron chi connectivity index (χ2n) is 8.02. The van der Waals surface area contributed by atoms with E-state index in [1.165, 1.54) is 11.1 Å². The number of carbonyl (C=O) groups excluding carboxylic acids is 1. The third-order valence-electron chi connectivity index (χ3n) is 5.65. The summed E-state index contributed by atoms with van der Waals surface area (Å²) in [5.41, 5.74) is 2.11. The van der Waals surface area contributed by atoms with Gasteiger partial charge in [-0.05, 0) is 24.0 Å². The van der Waals surface area contributed by atoms with Crippen LogP contribution in [0, 0.1) is 5.41 Å². The van der Waals surface area contributed by atoms with Gasteiger partial charge in [-0.3, -0.25) is 9.79 Å². The quantitative estimate of drug-likeness (QED) is 0.556. The second-order valence-corrected chi connectivity index (χ2v) is 8.02. The van der Waals surface area contributed by atoms with Crippen molar-refractivity contribution in [2.45, 2.75) is 38.8 Å². The number of amides is 1. The molecule has 0 spiro atoms. The molecule has 1 heterocycles. The van der Waals surface area contributed by atoms with Gasteiger partial charge in [-0.25, -0.2) is 4.98 Å². The second kappa shape index (κ2) is 9.58. The highest BCUT2D eigenvalue weighted by Gasteiger charge is 2.42. The molecule has 2 aromatic rings. The van der Waals surface area contributed by atoms with Gasteiger partial charge < -0.3 is 20.1 Å². The van der Waals surface area contributed by atoms with Crippen LogP contribution in [0.15, 0.2) is 48.0 Å². The lowest BCUT2D eigenvalue weighted by molar-refractivity contribution is -0.138. The van der Waals surface area contributed by atoms with Crippen molar-refractivity contribution >= 4 is 11.9 Å². The highest BCUT2D eigenvalue weighted by Crippen LogP contribution is 2.38. The van der Waals surface area contributed by atoms with Crippen molar-refractivity contribution < 1.29 is 4.79 Å². The van der Waals surface area contributed by atoms with E-state index < -0.39 is 0 Å². The number of nitrogens with one attached hydrogen (secondary N) is 2. The molecule has 0 unspecified atom stereocenters. The molecule has 0 saturated heterocycles. The van der Waals surface area contributed by atoms with Crippen molar-refractivity contribution in [2.24, 2.45) is 10.4 Å². The Morgan fingerprint density at radius 3 is 2.45 bits per heavy atom. The zero-order valence-corrected chi connectivity index (χ0v) is 17.7. The fourth-order valence-electron chi connectivity index (χ4n) is 4.01. The van der Waals surface area contributed by atoms with Crippen LogP contribution in [0.4, 0.5) is 0 Å². The van der Waals surface area contributed by atoms with E-state index in [9.17, 15) is 4.79 Å². The molecule has 1 fully saturated rings. The number of benzene rings is 1. The number of hydrogen-bond acceptors (Lipinski definition) is 3. The van der Waals surface area contributed by atoms with E-state index in [-0.39, 0.29) is 11.3 Å². The molecule has 1 amide bonds. The molecule has 1 aliphatic rings. The van der Waals surface area contributed by atoms with E-state index in [1.54, 1.807) is 18.1 Å². The monoisotopic (exact) mass is 396 g/mol. The molecule has 0 aliphatic heterocycles. The fourth-order valence-corrected chi connectivity index (χ4v) is 4.01. The summed E-state index contributed by atoms with van der Waals surface area (Å²) in [5.74, 6) is 0.941. The van der Waals surface area contributed by atoms with Crippen molar-refractivity contribution in [3.63, 3.8) is 0 Å². The van der Waals surface area contributed by atoms with Gasteiger partial charge in [0, 0.05) is 53.2 Å². The predicted molar refractivity (Wildman–Crippen MR) is 116 cm³/mol. The molecule has 3 rings (SSSR count). The van der Waals surface area contributed by atoms with Crippen LogP contribution in [0.3, 0.4) is 0 Å². The lowest BCUT2D eigenvalue weighted by Gasteiger charge is -2.31. The summed E-state index contributed by atoms with van der Waals surface area (Å²) in [6.45, 7) is 2.12. The first-order valence-corrected chi connectivity index (χ1v) is 10.2. The number of aromatic nitrogens is 2. The van der Waals surface area contributed by atoms with Crippen molar-refractivity contribution in [2.75, 3.05) is 27.7 Å². The summed E-state index contributed by atoms with van der Waals surface area (Å²) in [5, 5.41) is 6.74. The molecular weight excluding hydrogens is 364 g/mol. The maximum absolute atomic E-state index is 12.7. The van der Waals surface area contributed by atoms with Crippen LogP contribution in [0.25, 0.3) is 0 Å². The van der Waals surface area contributed by atoms with Gasteiger partial charge in [0.15, 0.2) is 5.96 Å². The molecule has 0 bridgehead atoms. The smallest absolute Gasteiger partial charge is 0.230 e. The average molecular weight is 397 g/mol. The fraction of sp³-hybridized carbons (Fsp3) is 0.500. The first-order valence-electron chi connectivity index (χ1n) is 10.2. The third kappa shape index (κ3) is 5.37. The minimum absolute atomic E-state index is 0.214. The Hall–Kier alpha value is -2.83. The lowest BCUT2D eigenvalue weighted by Crippen LogP contribution is -2.49. The minimum Gasteiger partial charge on any atom is -0.355 e. The normalized spacial score (nSPS) is 15.9. The van der Waals surface area contributed by atoms with Gasteiger partial charge in [0.1, 0.15) is 0 Å². The Morgan fingerprint density at radius 1 is 1.17 bits per heavy atom. The van der Waals surface area contributed by atoms with Crippen molar-refractivity contribution in [3.05, 3.63) is 54.1 Å². The topological polar surface area (TPSA) is 74.5 Å². The van der Waals surface area contributed by atoms with Crippen LogP contribution in [-0.2, 0) is 17.9 Å². The van der Waals surface area contributed by atoms with Gasteiger partial charge in [0.05, 0.1) is 11.7 Å². The molecule has 1 saturated carbocycles. The first-order chi connectivity index (χ1) is 14.0. The van der Waals surface area contributed by atoms with Crippen LogP contribution < -0.4 is 10.6 Å². The number of hydrogen-bond donors (Lipinski definition) is 2. The summed E-state index contributed by atoms with van der Waals surface area (Å²) in [6.07, 6.45) is 9.67. The largest absolute Gasteiger partial charge is 0.355 e. The van der Waals surface area contributed by atoms with Crippen molar-refractivity contribution in [3.8, 4) is 0 Å². The summed E-state index contributed by atoms with van der Waals surface area (Å²) >= 11 is 0. The Balaban J connectivity index is 1.52. The van der Waals surface area contributed by atoms with Gasteiger partial charge in [0.2, 0.25) is 5.91 Å². The van der Waals surface area contributed by atoms with Crippen molar-refractivity contribution in [1.29, 1.82) is 0 Å². The van der Waals surface area contributed by atoms with Gasteiger partial charge in [0.25, 0.3) is 0 Å². The summed E-state index contributed by atoms with van der Waals surface area (Å²) in [4.78, 5) is 22.8. The maximum atomic E-state index is 12.7. The number of guanidine groups is 1. The average Bonchev–Trinajstić information content (AvgIpc) is 3.41. The number of rotatable bonds is 7. The van der Waals surface area contributed by atoms with E-state index in [0.29, 0.717) is 13.1 Å². The van der Waals surface area contributed by atoms with E-state index in [4.69, 9.17) is 0 Å². The molecule has 0 radical (unpaired) electrons. The molecule has 0 atom stereocenters. The zero-order chi connectivity index (χ0) is 20.7. The molecule has 1 aromatic heterocycles. The van der Waals surface area contributed by atoms with E-state index in [1.807, 2.05) is 31.2 Å². The third-order valence-corrected chi connectivity index (χ3v) is 5.65. The molecule has 1 aliphatic carbocycles. The minimum atomic E-state index is -0.309. The Bertz CT molecular complexity index is 804. The molecule has 7 nitrogen and oxygen atoms in total. The number of aliphatic imine (C=N–C) groups is 1. The van der Waals surface area contributed by atoms with Crippen LogP contribution >= 0.6 is 0 Å². The number of imidazole rings is 1. The number of nitrogens with zero attached hydrogens (tertiary/aromatic N) is 4. The highest BCUT2D eigenvalue weighted by atomic mass is 16.2. The summed E-state index contributed by atoms with van der Waals surface area (Å²) in [7, 11) is 5.44.